The topological polar surface area (TPSA) is 59.8 Å². The number of hydrogen-bond donors (Lipinski definition) is 1. The average Bonchev–Trinajstić information content (AvgIpc) is 3.15. The number of allylic oxidation sites excluding steroid dienone is 2. The van der Waals surface area contributed by atoms with Crippen LogP contribution in [0.4, 0.5) is 5.95 Å². The van der Waals surface area contributed by atoms with Crippen molar-refractivity contribution in [2.45, 2.75) is 50.1 Å². The Bertz CT molecular complexity index is 1160. The number of thioether (sulfide) groups is 1. The molecule has 2 heterocycles. The number of benzene rings is 2. The minimum Gasteiger partial charge on any atom is -0.328 e. The monoisotopic (exact) mass is 416 g/mol. The number of rotatable bonds is 4. The second-order valence-corrected chi connectivity index (χ2v) is 8.87. The highest BCUT2D eigenvalue weighted by atomic mass is 32.2. The van der Waals surface area contributed by atoms with Crippen LogP contribution in [0.1, 0.15) is 47.6 Å². The molecule has 1 atom stereocenters. The maximum absolute atomic E-state index is 12.9. The first kappa shape index (κ1) is 19.1. The van der Waals surface area contributed by atoms with E-state index in [0.717, 1.165) is 52.1 Å². The SMILES string of the molecule is Cc1ccccc1CSc1nc2n(n1)[C@H](c1ccccc1C)C1=C(CCCC1=O)N2. The molecule has 0 spiro atoms. The highest BCUT2D eigenvalue weighted by molar-refractivity contribution is 7.98. The van der Waals surface area contributed by atoms with E-state index in [-0.39, 0.29) is 11.8 Å². The highest BCUT2D eigenvalue weighted by Crippen LogP contribution is 2.41. The molecule has 0 unspecified atom stereocenters. The standard InChI is InChI=1S/C24H24N4OS/c1-15-8-3-5-10-17(15)14-30-24-26-23-25-19-12-7-13-20(29)21(19)22(28(23)27-24)18-11-6-4-9-16(18)2/h3-6,8-11,22H,7,12-14H2,1-2H3,(H,25,26,27)/t22-/m1/s1. The number of hydrogen-bond acceptors (Lipinski definition) is 5. The molecule has 1 aliphatic heterocycles. The fraction of sp³-hybridized carbons (Fsp3) is 0.292. The molecule has 0 saturated carbocycles. The van der Waals surface area contributed by atoms with Crippen LogP contribution in [-0.4, -0.2) is 20.5 Å². The van der Waals surface area contributed by atoms with E-state index >= 15 is 0 Å². The third-order valence-electron chi connectivity index (χ3n) is 5.95. The maximum Gasteiger partial charge on any atom is 0.227 e. The molecular weight excluding hydrogens is 392 g/mol. The van der Waals surface area contributed by atoms with Gasteiger partial charge in [0.25, 0.3) is 0 Å². The molecule has 1 aliphatic carbocycles. The van der Waals surface area contributed by atoms with E-state index < -0.39 is 0 Å². The van der Waals surface area contributed by atoms with Gasteiger partial charge >= 0.3 is 0 Å². The van der Waals surface area contributed by atoms with E-state index in [4.69, 9.17) is 10.1 Å². The van der Waals surface area contributed by atoms with Crippen LogP contribution in [0.3, 0.4) is 0 Å². The van der Waals surface area contributed by atoms with Gasteiger partial charge < -0.3 is 5.32 Å². The number of aromatic nitrogens is 3. The Hall–Kier alpha value is -2.86. The Labute approximate surface area is 180 Å². The zero-order chi connectivity index (χ0) is 20.7. The number of carbonyl (C=O) groups excluding carboxylic acids is 1. The molecule has 0 saturated heterocycles. The molecule has 152 valence electrons. The van der Waals surface area contributed by atoms with E-state index in [9.17, 15) is 4.79 Å². The van der Waals surface area contributed by atoms with Crippen LogP contribution in [0.2, 0.25) is 0 Å². The van der Waals surface area contributed by atoms with Crippen LogP contribution >= 0.6 is 11.8 Å². The molecule has 2 aliphatic rings. The van der Waals surface area contributed by atoms with E-state index in [1.165, 1.54) is 11.1 Å². The van der Waals surface area contributed by atoms with Crippen LogP contribution in [0.25, 0.3) is 0 Å². The van der Waals surface area contributed by atoms with Crippen LogP contribution in [0.15, 0.2) is 65.0 Å². The maximum atomic E-state index is 12.9. The molecule has 0 bridgehead atoms. The van der Waals surface area contributed by atoms with Gasteiger partial charge in [0.15, 0.2) is 5.78 Å². The Morgan fingerprint density at radius 1 is 1.07 bits per heavy atom. The van der Waals surface area contributed by atoms with Gasteiger partial charge in [-0.3, -0.25) is 4.79 Å². The predicted octanol–water partition coefficient (Wildman–Crippen LogP) is 5.21. The van der Waals surface area contributed by atoms with Crippen LogP contribution in [-0.2, 0) is 10.5 Å². The van der Waals surface area contributed by atoms with E-state index in [2.05, 4.69) is 55.6 Å². The van der Waals surface area contributed by atoms with Gasteiger partial charge in [0.1, 0.15) is 6.04 Å². The molecule has 1 aromatic heterocycles. The minimum absolute atomic E-state index is 0.215. The Kier molecular flexibility index (Phi) is 4.95. The second kappa shape index (κ2) is 7.76. The predicted molar refractivity (Wildman–Crippen MR) is 120 cm³/mol. The molecule has 5 rings (SSSR count). The van der Waals surface area contributed by atoms with E-state index in [1.54, 1.807) is 11.8 Å². The smallest absolute Gasteiger partial charge is 0.227 e. The molecule has 2 aromatic carbocycles. The summed E-state index contributed by atoms with van der Waals surface area (Å²) in [7, 11) is 0. The Morgan fingerprint density at radius 3 is 2.63 bits per heavy atom. The number of fused-ring (bicyclic) bond motifs is 1. The van der Waals surface area contributed by atoms with Gasteiger partial charge in [-0.15, -0.1) is 5.10 Å². The van der Waals surface area contributed by atoms with Gasteiger partial charge in [-0.05, 0) is 48.9 Å². The first-order valence-corrected chi connectivity index (χ1v) is 11.3. The van der Waals surface area contributed by atoms with Crippen LogP contribution in [0.5, 0.6) is 0 Å². The summed E-state index contributed by atoms with van der Waals surface area (Å²) < 4.78 is 1.91. The molecule has 5 nitrogen and oxygen atoms in total. The van der Waals surface area contributed by atoms with Gasteiger partial charge in [-0.25, -0.2) is 4.68 Å². The molecule has 0 amide bonds. The normalized spacial score (nSPS) is 18.1. The zero-order valence-corrected chi connectivity index (χ0v) is 18.0. The van der Waals surface area contributed by atoms with Gasteiger partial charge in [0.2, 0.25) is 11.1 Å². The lowest BCUT2D eigenvalue weighted by Crippen LogP contribution is -2.31. The summed E-state index contributed by atoms with van der Waals surface area (Å²) in [6, 6.07) is 16.4. The number of nitrogens with zero attached hydrogens (tertiary/aromatic N) is 3. The van der Waals surface area contributed by atoms with Crippen molar-refractivity contribution in [3.05, 3.63) is 82.1 Å². The highest BCUT2D eigenvalue weighted by Gasteiger charge is 2.37. The summed E-state index contributed by atoms with van der Waals surface area (Å²) in [4.78, 5) is 17.7. The summed E-state index contributed by atoms with van der Waals surface area (Å²) in [5, 5.41) is 8.98. The summed E-state index contributed by atoms with van der Waals surface area (Å²) >= 11 is 1.63. The number of nitrogens with one attached hydrogen (secondary N) is 1. The Morgan fingerprint density at radius 2 is 1.83 bits per heavy atom. The lowest BCUT2D eigenvalue weighted by Gasteiger charge is -2.32. The van der Waals surface area contributed by atoms with Crippen LogP contribution in [0, 0.1) is 13.8 Å². The second-order valence-electron chi connectivity index (χ2n) is 7.93. The third-order valence-corrected chi connectivity index (χ3v) is 6.84. The third kappa shape index (κ3) is 3.35. The lowest BCUT2D eigenvalue weighted by molar-refractivity contribution is -0.116. The zero-order valence-electron chi connectivity index (χ0n) is 17.2. The summed E-state index contributed by atoms with van der Waals surface area (Å²) in [5.74, 6) is 1.76. The number of ketones is 1. The first-order valence-electron chi connectivity index (χ1n) is 10.3. The molecule has 3 aromatic rings. The van der Waals surface area contributed by atoms with Crippen molar-refractivity contribution < 1.29 is 4.79 Å². The number of anilines is 1. The van der Waals surface area contributed by atoms with Crippen molar-refractivity contribution >= 4 is 23.5 Å². The van der Waals surface area contributed by atoms with E-state index in [1.807, 2.05) is 16.8 Å². The van der Waals surface area contributed by atoms with Crippen molar-refractivity contribution in [1.82, 2.24) is 14.8 Å². The molecule has 0 fully saturated rings. The first-order chi connectivity index (χ1) is 14.6. The lowest BCUT2D eigenvalue weighted by atomic mass is 9.84. The summed E-state index contributed by atoms with van der Waals surface area (Å²) in [5.41, 5.74) is 6.69. The van der Waals surface area contributed by atoms with Gasteiger partial charge in [-0.2, -0.15) is 4.98 Å². The number of aryl methyl sites for hydroxylation is 2. The summed E-state index contributed by atoms with van der Waals surface area (Å²) in [6.45, 7) is 4.22. The van der Waals surface area contributed by atoms with Crippen LogP contribution < -0.4 is 5.32 Å². The minimum atomic E-state index is -0.217. The van der Waals surface area contributed by atoms with Gasteiger partial charge in [-0.1, -0.05) is 60.3 Å². The van der Waals surface area contributed by atoms with Gasteiger partial charge in [0.05, 0.1) is 0 Å². The number of Topliss-reactive ketones (excluding diaryl/α,β-unsaturated/α-hetero) is 1. The van der Waals surface area contributed by atoms with Crippen molar-refractivity contribution in [1.29, 1.82) is 0 Å². The largest absolute Gasteiger partial charge is 0.328 e. The van der Waals surface area contributed by atoms with Crippen molar-refractivity contribution in [2.24, 2.45) is 0 Å². The van der Waals surface area contributed by atoms with Crippen molar-refractivity contribution in [3.63, 3.8) is 0 Å². The molecular formula is C24H24N4OS. The quantitative estimate of drug-likeness (QED) is 0.592. The van der Waals surface area contributed by atoms with E-state index in [0.29, 0.717) is 6.42 Å². The van der Waals surface area contributed by atoms with Crippen molar-refractivity contribution in [2.75, 3.05) is 5.32 Å². The van der Waals surface area contributed by atoms with Crippen molar-refractivity contribution in [3.8, 4) is 0 Å². The molecule has 0 radical (unpaired) electrons. The Balaban J connectivity index is 1.53. The average molecular weight is 417 g/mol. The molecule has 1 N–H and O–H groups in total. The fourth-order valence-corrected chi connectivity index (χ4v) is 5.20. The fourth-order valence-electron chi connectivity index (χ4n) is 4.29. The van der Waals surface area contributed by atoms with Gasteiger partial charge in [0, 0.05) is 23.4 Å². The molecule has 6 heteroatoms. The number of carbonyl (C=O) groups is 1. The summed E-state index contributed by atoms with van der Waals surface area (Å²) in [6.07, 6.45) is 2.36. The molecule has 30 heavy (non-hydrogen) atoms.